The molecule has 4 nitrogen and oxygen atoms in total. The molecule has 134 valence electrons. The normalized spacial score (nSPS) is 10.5. The number of amides is 1. The molecule has 1 N–H and O–H groups in total. The molecule has 1 heterocycles. The maximum Gasteiger partial charge on any atom is 0.272 e. The van der Waals surface area contributed by atoms with Crippen LogP contribution in [0.25, 0.3) is 0 Å². The van der Waals surface area contributed by atoms with E-state index in [4.69, 9.17) is 0 Å². The Morgan fingerprint density at radius 2 is 1.80 bits per heavy atom. The van der Waals surface area contributed by atoms with Gasteiger partial charge in [-0.25, -0.2) is 4.39 Å². The summed E-state index contributed by atoms with van der Waals surface area (Å²) in [7, 11) is 0. The van der Waals surface area contributed by atoms with Crippen LogP contribution in [0.4, 0.5) is 10.1 Å². The summed E-state index contributed by atoms with van der Waals surface area (Å²) >= 11 is 0. The fourth-order valence-corrected chi connectivity index (χ4v) is 2.68. The van der Waals surface area contributed by atoms with Crippen molar-refractivity contribution in [2.45, 2.75) is 33.1 Å². The first-order valence-electron chi connectivity index (χ1n) is 8.87. The van der Waals surface area contributed by atoms with Crippen molar-refractivity contribution in [1.82, 2.24) is 9.88 Å². The number of aromatic nitrogens is 1. The number of carbonyl (C=O) groups is 1. The van der Waals surface area contributed by atoms with Gasteiger partial charge in [0.2, 0.25) is 0 Å². The van der Waals surface area contributed by atoms with Crippen LogP contribution in [-0.4, -0.2) is 35.4 Å². The Morgan fingerprint density at radius 1 is 1.12 bits per heavy atom. The van der Waals surface area contributed by atoms with Crippen LogP contribution in [0.1, 0.15) is 42.7 Å². The monoisotopic (exact) mass is 343 g/mol. The smallest absolute Gasteiger partial charge is 0.272 e. The maximum atomic E-state index is 12.9. The minimum atomic E-state index is -0.224. The molecule has 0 atom stereocenters. The maximum absolute atomic E-state index is 12.9. The second-order valence-electron chi connectivity index (χ2n) is 6.03. The number of rotatable bonds is 9. The largest absolute Gasteiger partial charge is 0.385 e. The minimum absolute atomic E-state index is 0.0223. The van der Waals surface area contributed by atoms with Gasteiger partial charge >= 0.3 is 0 Å². The van der Waals surface area contributed by atoms with Crippen LogP contribution in [0.2, 0.25) is 0 Å². The minimum Gasteiger partial charge on any atom is -0.385 e. The molecule has 0 spiro atoms. The Bertz CT molecular complexity index is 667. The van der Waals surface area contributed by atoms with Crippen molar-refractivity contribution in [1.29, 1.82) is 0 Å². The fourth-order valence-electron chi connectivity index (χ4n) is 2.68. The zero-order chi connectivity index (χ0) is 18.1. The lowest BCUT2D eigenvalue weighted by atomic mass is 10.1. The van der Waals surface area contributed by atoms with E-state index in [0.29, 0.717) is 12.2 Å². The molecule has 0 saturated heterocycles. The highest BCUT2D eigenvalue weighted by molar-refractivity contribution is 5.93. The summed E-state index contributed by atoms with van der Waals surface area (Å²) in [5.74, 6) is -0.247. The molecule has 1 aromatic heterocycles. The molecule has 2 rings (SSSR count). The van der Waals surface area contributed by atoms with Crippen LogP contribution >= 0.6 is 0 Å². The van der Waals surface area contributed by atoms with E-state index in [1.807, 2.05) is 11.0 Å². The molecule has 0 aliphatic rings. The van der Waals surface area contributed by atoms with Crippen molar-refractivity contribution in [2.24, 2.45) is 0 Å². The highest BCUT2D eigenvalue weighted by Crippen LogP contribution is 2.12. The number of hydrogen-bond acceptors (Lipinski definition) is 3. The zero-order valence-electron chi connectivity index (χ0n) is 15.0. The average Bonchev–Trinajstić information content (AvgIpc) is 2.63. The number of pyridine rings is 1. The van der Waals surface area contributed by atoms with E-state index in [9.17, 15) is 9.18 Å². The van der Waals surface area contributed by atoms with Crippen molar-refractivity contribution in [3.63, 3.8) is 0 Å². The number of benzene rings is 1. The molecule has 2 aromatic rings. The van der Waals surface area contributed by atoms with Crippen molar-refractivity contribution in [2.75, 3.05) is 25.0 Å². The third-order valence-electron chi connectivity index (χ3n) is 3.91. The molecule has 0 radical (unpaired) electrons. The van der Waals surface area contributed by atoms with Gasteiger partial charge in [-0.1, -0.05) is 26.0 Å². The number of anilines is 1. The lowest BCUT2D eigenvalue weighted by Crippen LogP contribution is -2.33. The molecular formula is C20H26FN3O. The average molecular weight is 343 g/mol. The summed E-state index contributed by atoms with van der Waals surface area (Å²) in [6, 6.07) is 10.2. The lowest BCUT2D eigenvalue weighted by Gasteiger charge is -2.21. The Labute approximate surface area is 149 Å². The van der Waals surface area contributed by atoms with Gasteiger partial charge in [0.15, 0.2) is 0 Å². The molecule has 0 aliphatic heterocycles. The number of carbonyl (C=O) groups excluding carboxylic acids is 1. The number of nitrogens with zero attached hydrogens (tertiary/aromatic N) is 2. The van der Waals surface area contributed by atoms with E-state index in [2.05, 4.69) is 24.1 Å². The fraction of sp³-hybridized carbons (Fsp3) is 0.400. The third kappa shape index (κ3) is 5.85. The van der Waals surface area contributed by atoms with Gasteiger partial charge < -0.3 is 10.2 Å². The predicted molar refractivity (Wildman–Crippen MR) is 99.3 cm³/mol. The van der Waals surface area contributed by atoms with Gasteiger partial charge in [0.05, 0.1) is 0 Å². The zero-order valence-corrected chi connectivity index (χ0v) is 15.0. The van der Waals surface area contributed by atoms with Gasteiger partial charge in [-0.3, -0.25) is 9.78 Å². The number of hydrogen-bond donors (Lipinski definition) is 1. The Morgan fingerprint density at radius 3 is 2.44 bits per heavy atom. The summed E-state index contributed by atoms with van der Waals surface area (Å²) in [5, 5.41) is 3.30. The summed E-state index contributed by atoms with van der Waals surface area (Å²) in [5.41, 5.74) is 2.40. The van der Waals surface area contributed by atoms with E-state index >= 15 is 0 Å². The highest BCUT2D eigenvalue weighted by atomic mass is 19.1. The van der Waals surface area contributed by atoms with Crippen LogP contribution in [0.3, 0.4) is 0 Å². The Kier molecular flexibility index (Phi) is 7.38. The molecule has 5 heteroatoms. The van der Waals surface area contributed by atoms with E-state index in [0.717, 1.165) is 43.6 Å². The predicted octanol–water partition coefficient (Wildman–Crippen LogP) is 4.14. The highest BCUT2D eigenvalue weighted by Gasteiger charge is 2.15. The number of nitrogens with one attached hydrogen (secondary N) is 1. The van der Waals surface area contributed by atoms with E-state index in [-0.39, 0.29) is 11.7 Å². The van der Waals surface area contributed by atoms with E-state index < -0.39 is 0 Å². The van der Waals surface area contributed by atoms with Gasteiger partial charge in [0, 0.05) is 31.5 Å². The van der Waals surface area contributed by atoms with E-state index in [1.54, 1.807) is 24.4 Å². The molecule has 1 amide bonds. The van der Waals surface area contributed by atoms with Crippen LogP contribution in [0.15, 0.2) is 42.6 Å². The standard InChI is InChI=1S/C20H26FN3O/c1-3-13-24(14-4-2)20(25)19-15-18(10-12-23-19)22-11-9-16-5-7-17(21)8-6-16/h5-8,10,12,15H,3-4,9,11,13-14H2,1-2H3,(H,22,23). The summed E-state index contributed by atoms with van der Waals surface area (Å²) < 4.78 is 12.9. The summed E-state index contributed by atoms with van der Waals surface area (Å²) in [6.45, 7) is 6.33. The third-order valence-corrected chi connectivity index (χ3v) is 3.91. The Hall–Kier alpha value is -2.43. The van der Waals surface area contributed by atoms with Crippen LogP contribution in [0.5, 0.6) is 0 Å². The first-order valence-corrected chi connectivity index (χ1v) is 8.87. The van der Waals surface area contributed by atoms with Gasteiger partial charge in [-0.15, -0.1) is 0 Å². The molecule has 0 bridgehead atoms. The molecular weight excluding hydrogens is 317 g/mol. The van der Waals surface area contributed by atoms with Crippen LogP contribution in [-0.2, 0) is 6.42 Å². The second kappa shape index (κ2) is 9.77. The summed E-state index contributed by atoms with van der Waals surface area (Å²) in [4.78, 5) is 18.7. The molecule has 0 saturated carbocycles. The molecule has 25 heavy (non-hydrogen) atoms. The van der Waals surface area contributed by atoms with Gasteiger partial charge in [-0.2, -0.15) is 0 Å². The van der Waals surface area contributed by atoms with Crippen molar-refractivity contribution >= 4 is 11.6 Å². The van der Waals surface area contributed by atoms with Crippen molar-refractivity contribution < 1.29 is 9.18 Å². The summed E-state index contributed by atoms with van der Waals surface area (Å²) in [6.07, 6.45) is 4.30. The SMILES string of the molecule is CCCN(CCC)C(=O)c1cc(NCCc2ccc(F)cc2)ccn1. The van der Waals surface area contributed by atoms with Crippen LogP contribution < -0.4 is 5.32 Å². The first-order chi connectivity index (χ1) is 12.1. The second-order valence-corrected chi connectivity index (χ2v) is 6.03. The molecule has 1 aromatic carbocycles. The molecule has 0 unspecified atom stereocenters. The quantitative estimate of drug-likeness (QED) is 0.744. The van der Waals surface area contributed by atoms with Crippen LogP contribution in [0, 0.1) is 5.82 Å². The Balaban J connectivity index is 1.95. The number of halogens is 1. The lowest BCUT2D eigenvalue weighted by molar-refractivity contribution is 0.0749. The topological polar surface area (TPSA) is 45.2 Å². The van der Waals surface area contributed by atoms with Gasteiger partial charge in [-0.05, 0) is 49.1 Å². The first kappa shape index (κ1) is 18.9. The molecule has 0 fully saturated rings. The van der Waals surface area contributed by atoms with Crippen molar-refractivity contribution in [3.8, 4) is 0 Å². The van der Waals surface area contributed by atoms with E-state index in [1.165, 1.54) is 12.1 Å². The van der Waals surface area contributed by atoms with Gasteiger partial charge in [0.25, 0.3) is 5.91 Å². The van der Waals surface area contributed by atoms with Crippen molar-refractivity contribution in [3.05, 3.63) is 59.7 Å². The van der Waals surface area contributed by atoms with Gasteiger partial charge in [0.1, 0.15) is 11.5 Å². The molecule has 0 aliphatic carbocycles.